The van der Waals surface area contributed by atoms with E-state index < -0.39 is 17.4 Å². The van der Waals surface area contributed by atoms with Crippen molar-refractivity contribution in [3.05, 3.63) is 11.6 Å². The molecule has 4 fully saturated rings. The molecule has 0 spiro atoms. The Hall–Kier alpha value is -2.18. The summed E-state index contributed by atoms with van der Waals surface area (Å²) in [4.78, 5) is 51.8. The number of fused-ring (bicyclic) bond motifs is 7. The third-order valence-corrected chi connectivity index (χ3v) is 14.1. The van der Waals surface area contributed by atoms with E-state index in [1.807, 2.05) is 13.0 Å². The fourth-order valence-electron chi connectivity index (χ4n) is 11.2. The fourth-order valence-corrected chi connectivity index (χ4v) is 11.2. The lowest BCUT2D eigenvalue weighted by molar-refractivity contribution is -0.194. The summed E-state index contributed by atoms with van der Waals surface area (Å²) < 4.78 is 4.71. The Morgan fingerprint density at radius 1 is 0.951 bits per heavy atom. The molecule has 9 atom stereocenters. The largest absolute Gasteiger partial charge is 0.481 e. The molecule has 0 aliphatic heterocycles. The van der Waals surface area contributed by atoms with Crippen LogP contribution in [0.3, 0.4) is 0 Å². The van der Waals surface area contributed by atoms with Gasteiger partial charge in [0.1, 0.15) is 6.54 Å². The Morgan fingerprint density at radius 2 is 1.61 bits per heavy atom. The molecule has 1 amide bonds. The molecule has 0 aromatic heterocycles. The minimum absolute atomic E-state index is 0.0303. The predicted molar refractivity (Wildman–Crippen MR) is 156 cm³/mol. The van der Waals surface area contributed by atoms with Gasteiger partial charge < -0.3 is 15.2 Å². The molecule has 5 aliphatic carbocycles. The number of hydrogen-bond acceptors (Lipinski definition) is 5. The van der Waals surface area contributed by atoms with E-state index >= 15 is 0 Å². The number of rotatable bonds is 4. The molecule has 5 aliphatic rings. The lowest BCUT2D eigenvalue weighted by Gasteiger charge is -2.70. The van der Waals surface area contributed by atoms with Crippen LogP contribution in [0, 0.1) is 56.2 Å². The zero-order chi connectivity index (χ0) is 30.4. The Morgan fingerprint density at radius 3 is 2.24 bits per heavy atom. The molecule has 7 heteroatoms. The molecule has 0 aromatic carbocycles. The van der Waals surface area contributed by atoms with Crippen molar-refractivity contribution < 1.29 is 29.0 Å². The van der Waals surface area contributed by atoms with Gasteiger partial charge in [-0.2, -0.15) is 0 Å². The van der Waals surface area contributed by atoms with Crippen LogP contribution in [0.2, 0.25) is 0 Å². The molecular formula is C34H51NO6. The van der Waals surface area contributed by atoms with Crippen LogP contribution in [0.15, 0.2) is 11.6 Å². The second kappa shape index (κ2) is 9.41. The molecule has 2 N–H and O–H groups in total. The molecule has 4 saturated carbocycles. The highest BCUT2D eigenvalue weighted by atomic mass is 16.5. The van der Waals surface area contributed by atoms with E-state index in [2.05, 4.69) is 46.9 Å². The Balaban J connectivity index is 1.50. The van der Waals surface area contributed by atoms with Crippen molar-refractivity contribution in [3.63, 3.8) is 0 Å². The van der Waals surface area contributed by atoms with Crippen molar-refractivity contribution in [2.45, 2.75) is 106 Å². The number of carbonyl (C=O) groups excluding carboxylic acids is 3. The number of carboxylic acids is 1. The normalized spacial score (nSPS) is 46.5. The first-order valence-electron chi connectivity index (χ1n) is 15.7. The molecule has 0 radical (unpaired) electrons. The van der Waals surface area contributed by atoms with Gasteiger partial charge in [0.25, 0.3) is 0 Å². The number of methoxy groups -OCH3 is 1. The average molecular weight is 570 g/mol. The van der Waals surface area contributed by atoms with Crippen molar-refractivity contribution in [1.29, 1.82) is 0 Å². The summed E-state index contributed by atoms with van der Waals surface area (Å²) in [5.41, 5.74) is -0.488. The van der Waals surface area contributed by atoms with Crippen LogP contribution in [0.5, 0.6) is 0 Å². The van der Waals surface area contributed by atoms with Crippen LogP contribution in [-0.4, -0.2) is 42.4 Å². The van der Waals surface area contributed by atoms with E-state index in [0.717, 1.165) is 38.5 Å². The van der Waals surface area contributed by atoms with E-state index in [1.165, 1.54) is 12.7 Å². The van der Waals surface area contributed by atoms with Crippen molar-refractivity contribution in [1.82, 2.24) is 5.32 Å². The van der Waals surface area contributed by atoms with E-state index in [9.17, 15) is 24.3 Å². The van der Waals surface area contributed by atoms with Crippen molar-refractivity contribution in [2.75, 3.05) is 13.7 Å². The molecule has 0 saturated heterocycles. The smallest absolute Gasteiger partial charge is 0.325 e. The van der Waals surface area contributed by atoms with Gasteiger partial charge in [-0.1, -0.05) is 47.1 Å². The monoisotopic (exact) mass is 569 g/mol. The maximum Gasteiger partial charge on any atom is 0.325 e. The molecule has 0 heterocycles. The number of ether oxygens (including phenoxy) is 1. The fraction of sp³-hybridized carbons (Fsp3) is 0.824. The van der Waals surface area contributed by atoms with Crippen LogP contribution < -0.4 is 5.32 Å². The molecule has 0 bridgehead atoms. The first-order chi connectivity index (χ1) is 18.9. The predicted octanol–water partition coefficient (Wildman–Crippen LogP) is 5.96. The van der Waals surface area contributed by atoms with Crippen molar-refractivity contribution in [3.8, 4) is 0 Å². The maximum absolute atomic E-state index is 14.5. The summed E-state index contributed by atoms with van der Waals surface area (Å²) in [7, 11) is 1.32. The number of carbonyl (C=O) groups is 4. The zero-order valence-corrected chi connectivity index (χ0v) is 26.4. The molecule has 41 heavy (non-hydrogen) atoms. The summed E-state index contributed by atoms with van der Waals surface area (Å²) in [6.07, 6.45) is 9.58. The van der Waals surface area contributed by atoms with Gasteiger partial charge in [-0.05, 0) is 110 Å². The topological polar surface area (TPSA) is 110 Å². The molecule has 7 nitrogen and oxygen atoms in total. The zero-order valence-electron chi connectivity index (χ0n) is 26.4. The summed E-state index contributed by atoms with van der Waals surface area (Å²) in [5, 5.41) is 12.9. The van der Waals surface area contributed by atoms with Crippen LogP contribution in [0.4, 0.5) is 0 Å². The summed E-state index contributed by atoms with van der Waals surface area (Å²) in [5.74, 6) is -1.15. The summed E-state index contributed by atoms with van der Waals surface area (Å²) in [6.45, 7) is 15.5. The van der Waals surface area contributed by atoms with E-state index in [4.69, 9.17) is 4.74 Å². The van der Waals surface area contributed by atoms with Gasteiger partial charge in [-0.15, -0.1) is 0 Å². The molecule has 5 rings (SSSR count). The molecular weight excluding hydrogens is 518 g/mol. The number of amides is 1. The highest BCUT2D eigenvalue weighted by Gasteiger charge is 2.70. The lowest BCUT2D eigenvalue weighted by Crippen LogP contribution is -2.66. The minimum Gasteiger partial charge on any atom is -0.481 e. The second-order valence-electron chi connectivity index (χ2n) is 16.3. The number of esters is 1. The molecule has 0 aromatic rings. The third kappa shape index (κ3) is 4.10. The maximum atomic E-state index is 14.5. The average Bonchev–Trinajstić information content (AvgIpc) is 2.88. The van der Waals surface area contributed by atoms with Gasteiger partial charge in [0.15, 0.2) is 5.78 Å². The number of carboxylic acid groups (broad SMARTS) is 1. The number of nitrogens with one attached hydrogen (secondary N) is 1. The summed E-state index contributed by atoms with van der Waals surface area (Å²) >= 11 is 0. The van der Waals surface area contributed by atoms with Gasteiger partial charge >= 0.3 is 11.9 Å². The number of hydrogen-bond donors (Lipinski definition) is 2. The quantitative estimate of drug-likeness (QED) is 0.405. The lowest BCUT2D eigenvalue weighted by atomic mass is 9.33. The summed E-state index contributed by atoms with van der Waals surface area (Å²) in [6, 6.07) is 0. The number of ketones is 1. The third-order valence-electron chi connectivity index (χ3n) is 14.1. The van der Waals surface area contributed by atoms with Gasteiger partial charge in [0.2, 0.25) is 5.91 Å². The molecule has 228 valence electrons. The SMILES string of the molecule is COC(=O)CNC(=O)[C@H]1CC[C@]2(C)[C@H]3C(=O)C=C4[C@@H]5C[C@@](C)(C(=O)O)CC[C@]5(C)CC[C@@]4(C)[C@]3(C)CC[C@H]2C1(C)C. The Bertz CT molecular complexity index is 1210. The van der Waals surface area contributed by atoms with E-state index in [1.54, 1.807) is 0 Å². The van der Waals surface area contributed by atoms with Crippen LogP contribution in [0.25, 0.3) is 0 Å². The van der Waals surface area contributed by atoms with Gasteiger partial charge in [-0.3, -0.25) is 19.2 Å². The van der Waals surface area contributed by atoms with Gasteiger partial charge in [-0.25, -0.2) is 0 Å². The van der Waals surface area contributed by atoms with Gasteiger partial charge in [0.05, 0.1) is 12.5 Å². The van der Waals surface area contributed by atoms with Crippen LogP contribution in [-0.2, 0) is 23.9 Å². The minimum atomic E-state index is -0.759. The Kier molecular flexibility index (Phi) is 6.95. The second-order valence-corrected chi connectivity index (χ2v) is 16.3. The van der Waals surface area contributed by atoms with E-state index in [-0.39, 0.29) is 69.0 Å². The highest BCUT2D eigenvalue weighted by Crippen LogP contribution is 2.75. The molecule has 0 unspecified atom stereocenters. The van der Waals surface area contributed by atoms with Gasteiger partial charge in [0, 0.05) is 11.8 Å². The van der Waals surface area contributed by atoms with Crippen molar-refractivity contribution >= 4 is 23.6 Å². The van der Waals surface area contributed by atoms with Crippen LogP contribution >= 0.6 is 0 Å². The number of aliphatic carboxylic acids is 1. The first kappa shape index (κ1) is 30.3. The highest BCUT2D eigenvalue weighted by molar-refractivity contribution is 5.96. The van der Waals surface area contributed by atoms with Crippen molar-refractivity contribution in [2.24, 2.45) is 56.2 Å². The van der Waals surface area contributed by atoms with E-state index in [0.29, 0.717) is 19.3 Å². The first-order valence-corrected chi connectivity index (χ1v) is 15.7. The Labute approximate surface area is 245 Å². The standard InChI is InChI=1S/C34H51NO6/c1-29(2)20(27(38)35-19-25(37)41-8)9-11-32(5)24(29)10-12-34(7)26(32)23(36)17-21-22-18-31(4,28(39)40)14-13-30(22,3)15-16-33(21,34)6/h17,20,22,24,26H,9-16,18-19H2,1-8H3,(H,35,38)(H,39,40)/t20-,22+,24+,26-,30-,31+,32+,33-,34-/m1/s1. The number of allylic oxidation sites excluding steroid dienone is 2. The van der Waals surface area contributed by atoms with Crippen LogP contribution in [0.1, 0.15) is 106 Å².